The average molecular weight is 279 g/mol. The van der Waals surface area contributed by atoms with Crippen LogP contribution in [0.25, 0.3) is 0 Å². The predicted molar refractivity (Wildman–Crippen MR) is 79.7 cm³/mol. The van der Waals surface area contributed by atoms with Crippen LogP contribution in [0.3, 0.4) is 0 Å². The molecule has 1 aromatic rings. The van der Waals surface area contributed by atoms with Gasteiger partial charge in [0.15, 0.2) is 6.61 Å². The highest BCUT2D eigenvalue weighted by atomic mass is 16.5. The molecule has 4 heteroatoms. The lowest BCUT2D eigenvalue weighted by Crippen LogP contribution is -2.30. The van der Waals surface area contributed by atoms with Gasteiger partial charge < -0.3 is 15.2 Å². The first-order valence-corrected chi connectivity index (χ1v) is 7.20. The zero-order chi connectivity index (χ0) is 15.0. The summed E-state index contributed by atoms with van der Waals surface area (Å²) in [5.41, 5.74) is 0.862. The van der Waals surface area contributed by atoms with E-state index in [9.17, 15) is 9.90 Å². The molecule has 0 bridgehead atoms. The van der Waals surface area contributed by atoms with Gasteiger partial charge >= 0.3 is 0 Å². The lowest BCUT2D eigenvalue weighted by Gasteiger charge is -2.11. The molecule has 0 saturated carbocycles. The standard InChI is InChI=1S/C16H25NO3/c1-4-15(18)13-5-7-14(8-6-13)20-11-16(19)17-10-9-12(2)3/h5-8,12,15,18H,4,9-11H2,1-3H3,(H,17,19)/t15-/m1/s1. The Balaban J connectivity index is 2.32. The second-order valence-corrected chi connectivity index (χ2v) is 5.31. The number of amides is 1. The average Bonchev–Trinajstić information content (AvgIpc) is 2.44. The summed E-state index contributed by atoms with van der Waals surface area (Å²) in [6.07, 6.45) is 1.21. The van der Waals surface area contributed by atoms with Gasteiger partial charge in [-0.15, -0.1) is 0 Å². The summed E-state index contributed by atoms with van der Waals surface area (Å²) >= 11 is 0. The summed E-state index contributed by atoms with van der Waals surface area (Å²) in [4.78, 5) is 11.5. The summed E-state index contributed by atoms with van der Waals surface area (Å²) in [5.74, 6) is 1.10. The van der Waals surface area contributed by atoms with Crippen LogP contribution in [-0.4, -0.2) is 24.2 Å². The number of aliphatic hydroxyl groups excluding tert-OH is 1. The maximum absolute atomic E-state index is 11.5. The third kappa shape index (κ3) is 6.06. The quantitative estimate of drug-likeness (QED) is 0.769. The summed E-state index contributed by atoms with van der Waals surface area (Å²) < 4.78 is 5.40. The minimum absolute atomic E-state index is 0.0216. The first-order valence-electron chi connectivity index (χ1n) is 7.20. The zero-order valence-corrected chi connectivity index (χ0v) is 12.6. The van der Waals surface area contributed by atoms with Gasteiger partial charge in [-0.3, -0.25) is 4.79 Å². The molecule has 1 rings (SSSR count). The van der Waals surface area contributed by atoms with E-state index >= 15 is 0 Å². The van der Waals surface area contributed by atoms with Gasteiger partial charge in [0.05, 0.1) is 6.10 Å². The van der Waals surface area contributed by atoms with Crippen LogP contribution in [0.4, 0.5) is 0 Å². The van der Waals surface area contributed by atoms with Crippen molar-refractivity contribution >= 4 is 5.91 Å². The molecule has 0 spiro atoms. The Hall–Kier alpha value is -1.55. The van der Waals surface area contributed by atoms with Crippen molar-refractivity contribution < 1.29 is 14.6 Å². The maximum Gasteiger partial charge on any atom is 0.257 e. The molecule has 0 heterocycles. The normalized spacial score (nSPS) is 12.2. The summed E-state index contributed by atoms with van der Waals surface area (Å²) in [6.45, 7) is 6.87. The van der Waals surface area contributed by atoms with Gasteiger partial charge in [0, 0.05) is 6.54 Å². The Bertz CT molecular complexity index is 401. The molecule has 1 aromatic carbocycles. The molecule has 0 fully saturated rings. The SMILES string of the molecule is CC[C@@H](O)c1ccc(OCC(=O)NCCC(C)C)cc1. The number of hydrogen-bond acceptors (Lipinski definition) is 3. The Morgan fingerprint density at radius 3 is 2.50 bits per heavy atom. The molecule has 0 aliphatic rings. The number of ether oxygens (including phenoxy) is 1. The number of aliphatic hydroxyl groups is 1. The minimum Gasteiger partial charge on any atom is -0.484 e. The fourth-order valence-electron chi connectivity index (χ4n) is 1.72. The second kappa shape index (κ2) is 8.59. The fourth-order valence-corrected chi connectivity index (χ4v) is 1.72. The number of benzene rings is 1. The Kier molecular flexibility index (Phi) is 7.09. The van der Waals surface area contributed by atoms with Gasteiger partial charge in [-0.2, -0.15) is 0 Å². The highest BCUT2D eigenvalue weighted by Gasteiger charge is 2.06. The second-order valence-electron chi connectivity index (χ2n) is 5.31. The lowest BCUT2D eigenvalue weighted by atomic mass is 10.1. The number of carbonyl (C=O) groups is 1. The topological polar surface area (TPSA) is 58.6 Å². The molecular formula is C16H25NO3. The number of nitrogens with one attached hydrogen (secondary N) is 1. The van der Waals surface area contributed by atoms with Gasteiger partial charge in [-0.1, -0.05) is 32.9 Å². The Morgan fingerprint density at radius 2 is 1.95 bits per heavy atom. The first-order chi connectivity index (χ1) is 9.52. The Labute approximate surface area is 121 Å². The van der Waals surface area contributed by atoms with Crippen molar-refractivity contribution in [2.75, 3.05) is 13.2 Å². The van der Waals surface area contributed by atoms with E-state index in [4.69, 9.17) is 4.74 Å². The number of rotatable bonds is 8. The summed E-state index contributed by atoms with van der Waals surface area (Å²) in [7, 11) is 0. The molecule has 4 nitrogen and oxygen atoms in total. The molecule has 0 aliphatic heterocycles. The van der Waals surface area contributed by atoms with Crippen LogP contribution in [0.15, 0.2) is 24.3 Å². The van der Waals surface area contributed by atoms with Crippen molar-refractivity contribution in [3.05, 3.63) is 29.8 Å². The first kappa shape index (κ1) is 16.5. The van der Waals surface area contributed by atoms with E-state index in [-0.39, 0.29) is 12.5 Å². The zero-order valence-electron chi connectivity index (χ0n) is 12.6. The molecule has 0 saturated heterocycles. The summed E-state index contributed by atoms with van der Waals surface area (Å²) in [5, 5.41) is 12.5. The van der Waals surface area contributed by atoms with Crippen LogP contribution in [0.1, 0.15) is 45.3 Å². The van der Waals surface area contributed by atoms with Crippen molar-refractivity contribution in [3.8, 4) is 5.75 Å². The molecule has 0 radical (unpaired) electrons. The molecule has 1 atom stereocenters. The number of carbonyl (C=O) groups excluding carboxylic acids is 1. The van der Waals surface area contributed by atoms with E-state index in [1.165, 1.54) is 0 Å². The lowest BCUT2D eigenvalue weighted by molar-refractivity contribution is -0.123. The van der Waals surface area contributed by atoms with E-state index in [1.54, 1.807) is 12.1 Å². The highest BCUT2D eigenvalue weighted by molar-refractivity contribution is 5.77. The highest BCUT2D eigenvalue weighted by Crippen LogP contribution is 2.19. The van der Waals surface area contributed by atoms with Crippen LogP contribution in [0.5, 0.6) is 5.75 Å². The van der Waals surface area contributed by atoms with Crippen molar-refractivity contribution in [1.82, 2.24) is 5.32 Å². The van der Waals surface area contributed by atoms with Crippen LogP contribution in [0.2, 0.25) is 0 Å². The minimum atomic E-state index is -0.441. The van der Waals surface area contributed by atoms with E-state index in [0.29, 0.717) is 24.6 Å². The number of hydrogen-bond donors (Lipinski definition) is 2. The molecule has 0 unspecified atom stereocenters. The van der Waals surface area contributed by atoms with Crippen LogP contribution >= 0.6 is 0 Å². The van der Waals surface area contributed by atoms with Gasteiger partial charge in [-0.25, -0.2) is 0 Å². The smallest absolute Gasteiger partial charge is 0.257 e. The van der Waals surface area contributed by atoms with Crippen molar-refractivity contribution in [3.63, 3.8) is 0 Å². The third-order valence-corrected chi connectivity index (χ3v) is 3.07. The van der Waals surface area contributed by atoms with Crippen molar-refractivity contribution in [1.29, 1.82) is 0 Å². The molecule has 0 aromatic heterocycles. The van der Waals surface area contributed by atoms with E-state index in [1.807, 2.05) is 19.1 Å². The van der Waals surface area contributed by atoms with Crippen LogP contribution in [-0.2, 0) is 4.79 Å². The van der Waals surface area contributed by atoms with E-state index in [0.717, 1.165) is 12.0 Å². The molecule has 20 heavy (non-hydrogen) atoms. The largest absolute Gasteiger partial charge is 0.484 e. The fraction of sp³-hybridized carbons (Fsp3) is 0.562. The summed E-state index contributed by atoms with van der Waals surface area (Å²) in [6, 6.07) is 7.19. The van der Waals surface area contributed by atoms with Crippen LogP contribution < -0.4 is 10.1 Å². The maximum atomic E-state index is 11.5. The van der Waals surface area contributed by atoms with Gasteiger partial charge in [0.1, 0.15) is 5.75 Å². The molecule has 2 N–H and O–H groups in total. The van der Waals surface area contributed by atoms with Crippen molar-refractivity contribution in [2.45, 2.75) is 39.7 Å². The third-order valence-electron chi connectivity index (χ3n) is 3.07. The van der Waals surface area contributed by atoms with Crippen LogP contribution in [0, 0.1) is 5.92 Å². The molecule has 112 valence electrons. The predicted octanol–water partition coefficient (Wildman–Crippen LogP) is 2.67. The molecular weight excluding hydrogens is 254 g/mol. The molecule has 0 aliphatic carbocycles. The van der Waals surface area contributed by atoms with Gasteiger partial charge in [0.25, 0.3) is 5.91 Å². The van der Waals surface area contributed by atoms with Crippen molar-refractivity contribution in [2.24, 2.45) is 5.92 Å². The Morgan fingerprint density at radius 1 is 1.30 bits per heavy atom. The van der Waals surface area contributed by atoms with Gasteiger partial charge in [0.2, 0.25) is 0 Å². The monoisotopic (exact) mass is 279 g/mol. The van der Waals surface area contributed by atoms with E-state index < -0.39 is 6.10 Å². The molecule has 1 amide bonds. The van der Waals surface area contributed by atoms with E-state index in [2.05, 4.69) is 19.2 Å². The van der Waals surface area contributed by atoms with Gasteiger partial charge in [-0.05, 0) is 36.5 Å².